The van der Waals surface area contributed by atoms with Gasteiger partial charge in [0.25, 0.3) is 0 Å². The van der Waals surface area contributed by atoms with Gasteiger partial charge >= 0.3 is 0 Å². The molecule has 0 saturated carbocycles. The largest absolute Gasteiger partial charge is 0.494 e. The third-order valence-electron chi connectivity index (χ3n) is 2.08. The van der Waals surface area contributed by atoms with Crippen molar-refractivity contribution in [2.24, 2.45) is 0 Å². The van der Waals surface area contributed by atoms with Crippen LogP contribution < -0.4 is 4.74 Å². The van der Waals surface area contributed by atoms with Crippen molar-refractivity contribution in [1.82, 2.24) is 0 Å². The van der Waals surface area contributed by atoms with Crippen LogP contribution in [-0.2, 0) is 11.5 Å². The van der Waals surface area contributed by atoms with Gasteiger partial charge in [0.2, 0.25) is 0 Å². The molecule has 0 aliphatic carbocycles. The Labute approximate surface area is 85.5 Å². The molecule has 0 heterocycles. The molecule has 2 heteroatoms. The molecular formula is C12H17O2. The van der Waals surface area contributed by atoms with Gasteiger partial charge in [0.05, 0.1) is 13.2 Å². The molecule has 14 heavy (non-hydrogen) atoms. The van der Waals surface area contributed by atoms with Crippen LogP contribution in [0.25, 0.3) is 0 Å². The Bertz CT molecular complexity index is 241. The zero-order chi connectivity index (χ0) is 10.2. The van der Waals surface area contributed by atoms with Crippen molar-refractivity contribution in [2.45, 2.75) is 26.2 Å². The van der Waals surface area contributed by atoms with E-state index < -0.39 is 0 Å². The average molecular weight is 193 g/mol. The van der Waals surface area contributed by atoms with Crippen LogP contribution in [0.3, 0.4) is 0 Å². The summed E-state index contributed by atoms with van der Waals surface area (Å²) in [5.74, 6) is 0.896. The summed E-state index contributed by atoms with van der Waals surface area (Å²) in [5, 5.41) is 10.4. The van der Waals surface area contributed by atoms with Gasteiger partial charge in [0.15, 0.2) is 0 Å². The van der Waals surface area contributed by atoms with Crippen LogP contribution in [0.2, 0.25) is 0 Å². The molecule has 1 radical (unpaired) electrons. The summed E-state index contributed by atoms with van der Waals surface area (Å²) in [6.45, 7) is 2.87. The quantitative estimate of drug-likeness (QED) is 0.639. The first kappa shape index (κ1) is 11.1. The van der Waals surface area contributed by atoms with Crippen molar-refractivity contribution in [3.05, 3.63) is 29.8 Å². The van der Waals surface area contributed by atoms with Gasteiger partial charge in [-0.2, -0.15) is 0 Å². The maximum Gasteiger partial charge on any atom is 0.119 e. The highest BCUT2D eigenvalue weighted by Gasteiger charge is 1.94. The van der Waals surface area contributed by atoms with Crippen molar-refractivity contribution in [3.63, 3.8) is 0 Å². The fourth-order valence-corrected chi connectivity index (χ4v) is 1.20. The van der Waals surface area contributed by atoms with Gasteiger partial charge in [-0.3, -0.25) is 0 Å². The molecule has 0 amide bonds. The molecule has 0 aromatic heterocycles. The van der Waals surface area contributed by atoms with E-state index >= 15 is 0 Å². The Morgan fingerprint density at radius 1 is 1.21 bits per heavy atom. The van der Waals surface area contributed by atoms with Gasteiger partial charge in [-0.1, -0.05) is 25.5 Å². The van der Waals surface area contributed by atoms with Crippen molar-refractivity contribution in [1.29, 1.82) is 0 Å². The number of ether oxygens (including phenoxy) is 1. The van der Waals surface area contributed by atoms with E-state index in [0.29, 0.717) is 6.42 Å². The second-order valence-electron chi connectivity index (χ2n) is 3.30. The molecule has 0 saturated heterocycles. The summed E-state index contributed by atoms with van der Waals surface area (Å²) in [4.78, 5) is 0. The monoisotopic (exact) mass is 193 g/mol. The number of hydrogen-bond donors (Lipinski definition) is 0. The summed E-state index contributed by atoms with van der Waals surface area (Å²) in [7, 11) is 0. The fraction of sp³-hybridized carbons (Fsp3) is 0.500. The molecule has 0 unspecified atom stereocenters. The number of benzene rings is 1. The molecule has 77 valence electrons. The lowest BCUT2D eigenvalue weighted by Crippen LogP contribution is -1.96. The molecule has 0 N–H and O–H groups in total. The van der Waals surface area contributed by atoms with Crippen molar-refractivity contribution in [2.75, 3.05) is 13.2 Å². The summed E-state index contributed by atoms with van der Waals surface area (Å²) < 4.78 is 5.50. The highest BCUT2D eigenvalue weighted by Crippen LogP contribution is 2.12. The molecule has 0 bridgehead atoms. The van der Waals surface area contributed by atoms with E-state index in [1.54, 1.807) is 0 Å². The lowest BCUT2D eigenvalue weighted by molar-refractivity contribution is 0.197. The summed E-state index contributed by atoms with van der Waals surface area (Å²) in [6.07, 6.45) is 2.84. The molecule has 0 aliphatic heterocycles. The van der Waals surface area contributed by atoms with E-state index in [1.165, 1.54) is 0 Å². The Hall–Kier alpha value is -1.02. The first-order chi connectivity index (χ1) is 6.86. The second kappa shape index (κ2) is 6.44. The molecule has 0 aliphatic rings. The predicted molar refractivity (Wildman–Crippen MR) is 56.1 cm³/mol. The van der Waals surface area contributed by atoms with Gasteiger partial charge in [0, 0.05) is 0 Å². The normalized spacial score (nSPS) is 10.1. The van der Waals surface area contributed by atoms with E-state index in [2.05, 4.69) is 6.92 Å². The van der Waals surface area contributed by atoms with Crippen LogP contribution in [0.4, 0.5) is 0 Å². The standard InChI is InChI=1S/C12H17O2/c1-2-3-10-14-12-6-4-11(5-7-12)8-9-13/h4-7H,2-3,8-10H2,1H3. The third-order valence-corrected chi connectivity index (χ3v) is 2.08. The number of hydrogen-bond acceptors (Lipinski definition) is 1. The van der Waals surface area contributed by atoms with Crippen molar-refractivity contribution < 1.29 is 9.84 Å². The van der Waals surface area contributed by atoms with Gasteiger partial charge in [-0.05, 0) is 30.5 Å². The summed E-state index contributed by atoms with van der Waals surface area (Å²) in [6, 6.07) is 7.78. The van der Waals surface area contributed by atoms with Gasteiger partial charge in [0.1, 0.15) is 5.75 Å². The van der Waals surface area contributed by atoms with Crippen LogP contribution >= 0.6 is 0 Å². The maximum atomic E-state index is 10.4. The predicted octanol–water partition coefficient (Wildman–Crippen LogP) is 2.84. The molecule has 0 spiro atoms. The topological polar surface area (TPSA) is 29.1 Å². The van der Waals surface area contributed by atoms with Gasteiger partial charge in [-0.25, -0.2) is 5.11 Å². The van der Waals surface area contributed by atoms with Crippen molar-refractivity contribution in [3.8, 4) is 5.75 Å². The Morgan fingerprint density at radius 3 is 2.50 bits per heavy atom. The molecule has 0 fully saturated rings. The highest BCUT2D eigenvalue weighted by molar-refractivity contribution is 5.27. The molecule has 1 rings (SSSR count). The molecular weight excluding hydrogens is 176 g/mol. The average Bonchev–Trinajstić information content (AvgIpc) is 2.21. The number of rotatable bonds is 6. The maximum absolute atomic E-state index is 10.4. The highest BCUT2D eigenvalue weighted by atomic mass is 16.5. The Kier molecular flexibility index (Phi) is 5.08. The lowest BCUT2D eigenvalue weighted by Gasteiger charge is -2.05. The Balaban J connectivity index is 2.38. The zero-order valence-electron chi connectivity index (χ0n) is 8.66. The SMILES string of the molecule is CCCCOc1ccc(CC[O])cc1. The van der Waals surface area contributed by atoms with E-state index in [9.17, 15) is 5.11 Å². The van der Waals surface area contributed by atoms with Crippen LogP contribution in [0.1, 0.15) is 25.3 Å². The first-order valence-electron chi connectivity index (χ1n) is 5.16. The summed E-state index contributed by atoms with van der Waals surface area (Å²) >= 11 is 0. The van der Waals surface area contributed by atoms with Crippen LogP contribution in [0.15, 0.2) is 24.3 Å². The Morgan fingerprint density at radius 2 is 1.93 bits per heavy atom. The van der Waals surface area contributed by atoms with Crippen LogP contribution in [0, 0.1) is 0 Å². The zero-order valence-corrected chi connectivity index (χ0v) is 8.66. The molecule has 0 atom stereocenters. The molecule has 2 nitrogen and oxygen atoms in total. The minimum atomic E-state index is -0.0456. The first-order valence-corrected chi connectivity index (χ1v) is 5.16. The third kappa shape index (κ3) is 3.79. The van der Waals surface area contributed by atoms with Crippen LogP contribution in [0.5, 0.6) is 5.75 Å². The van der Waals surface area contributed by atoms with E-state index in [-0.39, 0.29) is 6.61 Å². The fourth-order valence-electron chi connectivity index (χ4n) is 1.20. The minimum Gasteiger partial charge on any atom is -0.494 e. The van der Waals surface area contributed by atoms with Gasteiger partial charge in [-0.15, -0.1) is 0 Å². The smallest absolute Gasteiger partial charge is 0.119 e. The second-order valence-corrected chi connectivity index (χ2v) is 3.30. The molecule has 1 aromatic rings. The number of unbranched alkanes of at least 4 members (excludes halogenated alkanes) is 1. The van der Waals surface area contributed by atoms with Crippen molar-refractivity contribution >= 4 is 0 Å². The summed E-state index contributed by atoms with van der Waals surface area (Å²) in [5.41, 5.74) is 1.09. The lowest BCUT2D eigenvalue weighted by atomic mass is 10.1. The van der Waals surface area contributed by atoms with E-state index in [0.717, 1.165) is 30.8 Å². The minimum absolute atomic E-state index is 0.0456. The van der Waals surface area contributed by atoms with Gasteiger partial charge < -0.3 is 4.74 Å². The molecule has 1 aromatic carbocycles. The van der Waals surface area contributed by atoms with Crippen LogP contribution in [-0.4, -0.2) is 13.2 Å². The van der Waals surface area contributed by atoms with E-state index in [4.69, 9.17) is 4.74 Å². The van der Waals surface area contributed by atoms with E-state index in [1.807, 2.05) is 24.3 Å².